The number of rotatable bonds is 0. The molecular formula is C12H15NO. The van der Waals surface area contributed by atoms with Gasteiger partial charge in [-0.05, 0) is 30.9 Å². The SMILES string of the molecule is Cc1ccc2c(c1)CC(C)CNC2=O. The molecule has 1 aromatic rings. The van der Waals surface area contributed by atoms with E-state index in [9.17, 15) is 4.79 Å². The third-order valence-corrected chi connectivity index (χ3v) is 2.68. The highest BCUT2D eigenvalue weighted by atomic mass is 16.1. The van der Waals surface area contributed by atoms with E-state index in [1.165, 1.54) is 11.1 Å². The smallest absolute Gasteiger partial charge is 0.251 e. The minimum atomic E-state index is 0.0735. The fourth-order valence-corrected chi connectivity index (χ4v) is 1.92. The van der Waals surface area contributed by atoms with Gasteiger partial charge in [0, 0.05) is 12.1 Å². The Morgan fingerprint density at radius 1 is 1.43 bits per heavy atom. The molecule has 0 saturated carbocycles. The molecule has 14 heavy (non-hydrogen) atoms. The summed E-state index contributed by atoms with van der Waals surface area (Å²) in [5.74, 6) is 0.603. The molecule has 1 aliphatic rings. The van der Waals surface area contributed by atoms with Crippen molar-refractivity contribution < 1.29 is 4.79 Å². The Balaban J connectivity index is 2.47. The standard InChI is InChI=1S/C12H15NO/c1-8-3-4-11-10(5-8)6-9(2)7-13-12(11)14/h3-5,9H,6-7H2,1-2H3,(H,13,14). The molecule has 1 aliphatic heterocycles. The lowest BCUT2D eigenvalue weighted by molar-refractivity contribution is 0.0952. The van der Waals surface area contributed by atoms with Crippen LogP contribution in [0.25, 0.3) is 0 Å². The summed E-state index contributed by atoms with van der Waals surface area (Å²) in [6.07, 6.45) is 0.996. The van der Waals surface area contributed by atoms with E-state index < -0.39 is 0 Å². The summed E-state index contributed by atoms with van der Waals surface area (Å²) in [6, 6.07) is 6.04. The zero-order chi connectivity index (χ0) is 10.1. The van der Waals surface area contributed by atoms with Gasteiger partial charge < -0.3 is 5.32 Å². The number of amides is 1. The van der Waals surface area contributed by atoms with Crippen LogP contribution >= 0.6 is 0 Å². The van der Waals surface area contributed by atoms with Gasteiger partial charge in [0.25, 0.3) is 5.91 Å². The molecule has 0 fully saturated rings. The van der Waals surface area contributed by atoms with Gasteiger partial charge in [0.05, 0.1) is 0 Å². The average molecular weight is 189 g/mol. The van der Waals surface area contributed by atoms with Crippen LogP contribution in [0.3, 0.4) is 0 Å². The van der Waals surface area contributed by atoms with Crippen LogP contribution in [0.4, 0.5) is 0 Å². The molecule has 1 heterocycles. The first kappa shape index (κ1) is 9.25. The highest BCUT2D eigenvalue weighted by molar-refractivity contribution is 5.96. The molecule has 1 atom stereocenters. The highest BCUT2D eigenvalue weighted by Gasteiger charge is 2.18. The minimum Gasteiger partial charge on any atom is -0.352 e. The summed E-state index contributed by atoms with van der Waals surface area (Å²) in [5.41, 5.74) is 3.26. The molecule has 1 N–H and O–H groups in total. The van der Waals surface area contributed by atoms with Gasteiger partial charge in [-0.25, -0.2) is 0 Å². The number of hydrogen-bond donors (Lipinski definition) is 1. The zero-order valence-electron chi connectivity index (χ0n) is 8.63. The third-order valence-electron chi connectivity index (χ3n) is 2.68. The molecule has 2 nitrogen and oxygen atoms in total. The lowest BCUT2D eigenvalue weighted by Gasteiger charge is -2.07. The van der Waals surface area contributed by atoms with Crippen LogP contribution in [0.5, 0.6) is 0 Å². The van der Waals surface area contributed by atoms with E-state index in [-0.39, 0.29) is 5.91 Å². The summed E-state index contributed by atoms with van der Waals surface area (Å²) >= 11 is 0. The first-order valence-electron chi connectivity index (χ1n) is 5.04. The number of nitrogens with one attached hydrogen (secondary N) is 1. The van der Waals surface area contributed by atoms with E-state index in [0.717, 1.165) is 18.5 Å². The fraction of sp³-hybridized carbons (Fsp3) is 0.417. The third kappa shape index (κ3) is 1.65. The molecule has 0 aliphatic carbocycles. The van der Waals surface area contributed by atoms with Crippen LogP contribution in [0, 0.1) is 12.8 Å². The van der Waals surface area contributed by atoms with E-state index in [2.05, 4.69) is 25.2 Å². The molecule has 1 amide bonds. The largest absolute Gasteiger partial charge is 0.352 e. The molecule has 0 spiro atoms. The predicted octanol–water partition coefficient (Wildman–Crippen LogP) is 1.92. The Bertz CT molecular complexity index is 371. The molecule has 1 unspecified atom stereocenters. The van der Waals surface area contributed by atoms with Crippen molar-refractivity contribution in [2.45, 2.75) is 20.3 Å². The van der Waals surface area contributed by atoms with Crippen LogP contribution in [0.1, 0.15) is 28.4 Å². The van der Waals surface area contributed by atoms with Crippen LogP contribution < -0.4 is 5.32 Å². The monoisotopic (exact) mass is 189 g/mol. The lowest BCUT2D eigenvalue weighted by atomic mass is 9.97. The summed E-state index contributed by atoms with van der Waals surface area (Å²) in [6.45, 7) is 5.01. The van der Waals surface area contributed by atoms with Gasteiger partial charge in [-0.1, -0.05) is 24.6 Å². The quantitative estimate of drug-likeness (QED) is 0.663. The molecule has 0 saturated heterocycles. The number of hydrogen-bond acceptors (Lipinski definition) is 1. The number of fused-ring (bicyclic) bond motifs is 1. The van der Waals surface area contributed by atoms with E-state index in [0.29, 0.717) is 5.92 Å². The van der Waals surface area contributed by atoms with Crippen LogP contribution in [-0.4, -0.2) is 12.5 Å². The van der Waals surface area contributed by atoms with Crippen molar-refractivity contribution in [3.05, 3.63) is 34.9 Å². The summed E-state index contributed by atoms with van der Waals surface area (Å²) < 4.78 is 0. The molecular weight excluding hydrogens is 174 g/mol. The summed E-state index contributed by atoms with van der Waals surface area (Å²) in [7, 11) is 0. The average Bonchev–Trinajstić information content (AvgIpc) is 2.26. The second-order valence-electron chi connectivity index (χ2n) is 4.18. The van der Waals surface area contributed by atoms with Crippen molar-refractivity contribution in [2.75, 3.05) is 6.54 Å². The Kier molecular flexibility index (Phi) is 2.28. The second kappa shape index (κ2) is 3.45. The summed E-state index contributed by atoms with van der Waals surface area (Å²) in [5, 5.41) is 2.93. The highest BCUT2D eigenvalue weighted by Crippen LogP contribution is 2.18. The van der Waals surface area contributed by atoms with E-state index in [1.807, 2.05) is 12.1 Å². The van der Waals surface area contributed by atoms with E-state index >= 15 is 0 Å². The fourth-order valence-electron chi connectivity index (χ4n) is 1.92. The van der Waals surface area contributed by atoms with Crippen molar-refractivity contribution in [1.29, 1.82) is 0 Å². The van der Waals surface area contributed by atoms with Gasteiger partial charge in [-0.2, -0.15) is 0 Å². The topological polar surface area (TPSA) is 29.1 Å². The van der Waals surface area contributed by atoms with Crippen molar-refractivity contribution in [2.24, 2.45) is 5.92 Å². The molecule has 1 aromatic carbocycles. The molecule has 2 heteroatoms. The van der Waals surface area contributed by atoms with Crippen LogP contribution in [0.15, 0.2) is 18.2 Å². The predicted molar refractivity (Wildman–Crippen MR) is 56.4 cm³/mol. The minimum absolute atomic E-state index is 0.0735. The first-order chi connectivity index (χ1) is 6.66. The van der Waals surface area contributed by atoms with E-state index in [1.54, 1.807) is 0 Å². The Morgan fingerprint density at radius 2 is 2.21 bits per heavy atom. The Morgan fingerprint density at radius 3 is 3.00 bits per heavy atom. The molecule has 74 valence electrons. The van der Waals surface area contributed by atoms with E-state index in [4.69, 9.17) is 0 Å². The maximum absolute atomic E-state index is 11.7. The molecule has 0 radical (unpaired) electrons. The first-order valence-corrected chi connectivity index (χ1v) is 5.04. The van der Waals surface area contributed by atoms with Gasteiger partial charge in [0.1, 0.15) is 0 Å². The molecule has 0 bridgehead atoms. The maximum atomic E-state index is 11.7. The Hall–Kier alpha value is -1.31. The normalized spacial score (nSPS) is 21.0. The molecule has 0 aromatic heterocycles. The van der Waals surface area contributed by atoms with Crippen LogP contribution in [0.2, 0.25) is 0 Å². The number of carbonyl (C=O) groups excluding carboxylic acids is 1. The van der Waals surface area contributed by atoms with Gasteiger partial charge >= 0.3 is 0 Å². The molecule has 2 rings (SSSR count). The number of carbonyl (C=O) groups is 1. The van der Waals surface area contributed by atoms with Crippen molar-refractivity contribution in [3.63, 3.8) is 0 Å². The van der Waals surface area contributed by atoms with Crippen molar-refractivity contribution in [3.8, 4) is 0 Å². The maximum Gasteiger partial charge on any atom is 0.251 e. The van der Waals surface area contributed by atoms with Gasteiger partial charge in [0.2, 0.25) is 0 Å². The lowest BCUT2D eigenvalue weighted by Crippen LogP contribution is -2.25. The number of benzene rings is 1. The zero-order valence-corrected chi connectivity index (χ0v) is 8.63. The van der Waals surface area contributed by atoms with Crippen molar-refractivity contribution in [1.82, 2.24) is 5.32 Å². The Labute approximate surface area is 84.3 Å². The van der Waals surface area contributed by atoms with Crippen molar-refractivity contribution >= 4 is 5.91 Å². The summed E-state index contributed by atoms with van der Waals surface area (Å²) in [4.78, 5) is 11.7. The van der Waals surface area contributed by atoms with Gasteiger partial charge in [-0.3, -0.25) is 4.79 Å². The number of aryl methyl sites for hydroxylation is 1. The second-order valence-corrected chi connectivity index (χ2v) is 4.18. The van der Waals surface area contributed by atoms with Gasteiger partial charge in [-0.15, -0.1) is 0 Å². The van der Waals surface area contributed by atoms with Gasteiger partial charge in [0.15, 0.2) is 0 Å². The van der Waals surface area contributed by atoms with Crippen LogP contribution in [-0.2, 0) is 6.42 Å².